The smallest absolute Gasteiger partial charge is 0.246 e. The molecule has 8 rings (SSSR count). The van der Waals surface area contributed by atoms with Crippen molar-refractivity contribution in [3.05, 3.63) is 83.0 Å². The Morgan fingerprint density at radius 1 is 0.880 bits per heavy atom. The van der Waals surface area contributed by atoms with Crippen molar-refractivity contribution in [1.29, 1.82) is 0 Å². The minimum Gasteiger partial charge on any atom is -0.487 e. The van der Waals surface area contributed by atoms with Gasteiger partial charge in [0.25, 0.3) is 0 Å². The largest absolute Gasteiger partial charge is 0.487 e. The van der Waals surface area contributed by atoms with Crippen LogP contribution < -0.4 is 18.9 Å². The van der Waals surface area contributed by atoms with Crippen LogP contribution in [-0.2, 0) is 32.0 Å². The highest BCUT2D eigenvalue weighted by Crippen LogP contribution is 2.45. The van der Waals surface area contributed by atoms with E-state index in [1.54, 1.807) is 14.2 Å². The molecule has 4 aliphatic heterocycles. The van der Waals surface area contributed by atoms with Crippen molar-refractivity contribution >= 4 is 22.7 Å². The number of benzene rings is 3. The molecule has 50 heavy (non-hydrogen) atoms. The topological polar surface area (TPSA) is 115 Å². The summed E-state index contributed by atoms with van der Waals surface area (Å²) >= 11 is 0. The van der Waals surface area contributed by atoms with Crippen LogP contribution in [0.2, 0.25) is 0 Å². The number of ether oxygens (including phenoxy) is 6. The van der Waals surface area contributed by atoms with Crippen LogP contribution in [0.3, 0.4) is 0 Å². The number of carbonyl (C=O) groups excluding carboxylic acids is 2. The van der Waals surface area contributed by atoms with Gasteiger partial charge in [0.05, 0.1) is 19.3 Å². The van der Waals surface area contributed by atoms with E-state index in [0.29, 0.717) is 68.9 Å². The number of fused-ring (bicyclic) bond motifs is 5. The summed E-state index contributed by atoms with van der Waals surface area (Å²) in [7, 11) is 3.28. The van der Waals surface area contributed by atoms with E-state index >= 15 is 0 Å². The molecule has 0 aliphatic carbocycles. The van der Waals surface area contributed by atoms with Gasteiger partial charge in [0.15, 0.2) is 23.0 Å². The molecular weight excluding hydrogens is 640 g/mol. The first-order chi connectivity index (χ1) is 24.5. The maximum atomic E-state index is 14.5. The van der Waals surface area contributed by atoms with E-state index in [1.165, 1.54) is 0 Å². The van der Waals surface area contributed by atoms with Gasteiger partial charge in [-0.05, 0) is 53.4 Å². The van der Waals surface area contributed by atoms with Crippen LogP contribution in [0.4, 0.5) is 0 Å². The number of hydrogen-bond donors (Lipinski definition) is 1. The van der Waals surface area contributed by atoms with Crippen LogP contribution in [0.1, 0.15) is 34.8 Å². The van der Waals surface area contributed by atoms with Crippen molar-refractivity contribution in [3.8, 4) is 23.0 Å². The monoisotopic (exact) mass is 682 g/mol. The van der Waals surface area contributed by atoms with Crippen molar-refractivity contribution in [3.63, 3.8) is 0 Å². The number of rotatable bonds is 12. The summed E-state index contributed by atoms with van der Waals surface area (Å²) in [6.45, 7) is 4.17. The van der Waals surface area contributed by atoms with Gasteiger partial charge in [0.2, 0.25) is 18.6 Å². The Hall–Kier alpha value is -4.78. The van der Waals surface area contributed by atoms with Gasteiger partial charge in [-0.25, -0.2) is 0 Å². The van der Waals surface area contributed by atoms with Crippen LogP contribution in [0, 0.1) is 0 Å². The lowest BCUT2D eigenvalue weighted by atomic mass is 9.85. The molecule has 0 spiro atoms. The highest BCUT2D eigenvalue weighted by atomic mass is 16.7. The predicted octanol–water partition coefficient (Wildman–Crippen LogP) is 3.91. The van der Waals surface area contributed by atoms with E-state index in [1.807, 2.05) is 64.4 Å². The Balaban J connectivity index is 1.02. The second kappa shape index (κ2) is 13.9. The van der Waals surface area contributed by atoms with Crippen LogP contribution in [-0.4, -0.2) is 111 Å². The predicted molar refractivity (Wildman–Crippen MR) is 184 cm³/mol. The fourth-order valence-electron chi connectivity index (χ4n) is 7.85. The van der Waals surface area contributed by atoms with Crippen LogP contribution in [0.15, 0.2) is 60.7 Å². The Morgan fingerprint density at radius 2 is 1.68 bits per heavy atom. The van der Waals surface area contributed by atoms with Gasteiger partial charge in [0.1, 0.15) is 25.8 Å². The highest BCUT2D eigenvalue weighted by molar-refractivity contribution is 5.98. The summed E-state index contributed by atoms with van der Waals surface area (Å²) in [4.78, 5) is 38.3. The maximum Gasteiger partial charge on any atom is 0.246 e. The minimum absolute atomic E-state index is 0.00418. The third kappa shape index (κ3) is 6.01. The Labute approximate surface area is 290 Å². The second-order valence-electron chi connectivity index (χ2n) is 13.2. The molecule has 2 saturated heterocycles. The van der Waals surface area contributed by atoms with Gasteiger partial charge in [-0.15, -0.1) is 0 Å². The SMILES string of the molecule is COCCOc1ccc(CN2CC[C@H](N3CC(=O)N4[C@H](c5ccc6c(c5)OCO6)c5[nH]c6ccccc6c5C[C@@H]4C3=O)C2)cc1OCCOC. The molecule has 2 fully saturated rings. The van der Waals surface area contributed by atoms with Crippen molar-refractivity contribution < 1.29 is 38.0 Å². The van der Waals surface area contributed by atoms with E-state index in [2.05, 4.69) is 16.0 Å². The standard InChI is InChI=1S/C38H42N4O8/c1-45-13-15-47-31-9-7-24(17-33(31)48-16-14-46-2)20-40-12-11-26(21-40)41-22-35(43)42-30(38(41)44)19-28-27-5-3-4-6-29(27)39-36(28)37(42)25-8-10-32-34(18-25)50-23-49-32/h3-10,17-18,26,30,37,39H,11-16,19-23H2,1-2H3/t26-,30+,37+/m0/s1. The quantitative estimate of drug-likeness (QED) is 0.222. The van der Waals surface area contributed by atoms with Crippen LogP contribution in [0.25, 0.3) is 10.9 Å². The molecule has 1 aromatic heterocycles. The molecule has 12 heteroatoms. The van der Waals surface area contributed by atoms with E-state index in [4.69, 9.17) is 28.4 Å². The molecule has 2 amide bonds. The number of nitrogens with one attached hydrogen (secondary N) is 1. The third-order valence-corrected chi connectivity index (χ3v) is 10.2. The molecule has 0 bridgehead atoms. The number of hydrogen-bond acceptors (Lipinski definition) is 9. The summed E-state index contributed by atoms with van der Waals surface area (Å²) in [6, 6.07) is 18.8. The first-order valence-electron chi connectivity index (χ1n) is 17.2. The van der Waals surface area contributed by atoms with Crippen molar-refractivity contribution in [1.82, 2.24) is 19.7 Å². The first-order valence-corrected chi connectivity index (χ1v) is 17.2. The lowest BCUT2D eigenvalue weighted by molar-refractivity contribution is -0.160. The average molecular weight is 683 g/mol. The lowest BCUT2D eigenvalue weighted by Gasteiger charge is -2.48. The Bertz CT molecular complexity index is 1890. The summed E-state index contributed by atoms with van der Waals surface area (Å²) in [5.74, 6) is 2.60. The van der Waals surface area contributed by atoms with Crippen LogP contribution in [0.5, 0.6) is 23.0 Å². The van der Waals surface area contributed by atoms with Crippen molar-refractivity contribution in [2.24, 2.45) is 0 Å². The second-order valence-corrected chi connectivity index (χ2v) is 13.2. The molecule has 0 radical (unpaired) electrons. The number of nitrogens with zero attached hydrogens (tertiary/aromatic N) is 3. The van der Waals surface area contributed by atoms with E-state index in [0.717, 1.165) is 46.3 Å². The van der Waals surface area contributed by atoms with Gasteiger partial charge >= 0.3 is 0 Å². The fourth-order valence-corrected chi connectivity index (χ4v) is 7.85. The van der Waals surface area contributed by atoms with E-state index < -0.39 is 12.1 Å². The number of carbonyl (C=O) groups is 2. The summed E-state index contributed by atoms with van der Waals surface area (Å²) < 4.78 is 33.5. The molecule has 3 aromatic carbocycles. The Morgan fingerprint density at radius 3 is 2.52 bits per heavy atom. The summed E-state index contributed by atoms with van der Waals surface area (Å²) in [5.41, 5.74) is 4.99. The number of likely N-dealkylation sites (tertiary alicyclic amines) is 1. The van der Waals surface area contributed by atoms with Gasteiger partial charge in [-0.2, -0.15) is 0 Å². The molecule has 0 unspecified atom stereocenters. The molecule has 4 aromatic rings. The van der Waals surface area contributed by atoms with E-state index in [-0.39, 0.29) is 31.2 Å². The molecule has 1 N–H and O–H groups in total. The minimum atomic E-state index is -0.607. The van der Waals surface area contributed by atoms with Gasteiger partial charge in [-0.3, -0.25) is 14.5 Å². The normalized spacial score (nSPS) is 21.5. The molecule has 3 atom stereocenters. The summed E-state index contributed by atoms with van der Waals surface area (Å²) in [5, 5.41) is 1.08. The number of H-pyrrole nitrogens is 1. The number of methoxy groups -OCH3 is 2. The zero-order chi connectivity index (χ0) is 34.2. The zero-order valence-corrected chi connectivity index (χ0v) is 28.4. The molecule has 4 aliphatic rings. The summed E-state index contributed by atoms with van der Waals surface area (Å²) in [6.07, 6.45) is 1.26. The molecular formula is C38H42N4O8. The number of para-hydroxylation sites is 1. The van der Waals surface area contributed by atoms with Crippen molar-refractivity contribution in [2.45, 2.75) is 37.5 Å². The maximum absolute atomic E-state index is 14.5. The fraction of sp³-hybridized carbons (Fsp3) is 0.421. The average Bonchev–Trinajstić information content (AvgIpc) is 3.88. The highest BCUT2D eigenvalue weighted by Gasteiger charge is 2.50. The number of piperazine rings is 1. The van der Waals surface area contributed by atoms with Gasteiger partial charge in [-0.1, -0.05) is 30.3 Å². The molecule has 262 valence electrons. The van der Waals surface area contributed by atoms with Gasteiger partial charge in [0, 0.05) is 62.9 Å². The van der Waals surface area contributed by atoms with Crippen LogP contribution >= 0.6 is 0 Å². The zero-order valence-electron chi connectivity index (χ0n) is 28.4. The molecule has 12 nitrogen and oxygen atoms in total. The Kier molecular flexibility index (Phi) is 8.98. The van der Waals surface area contributed by atoms with Crippen molar-refractivity contribution in [2.75, 3.05) is 67.1 Å². The number of amides is 2. The van der Waals surface area contributed by atoms with E-state index in [9.17, 15) is 9.59 Å². The third-order valence-electron chi connectivity index (χ3n) is 10.2. The molecule has 0 saturated carbocycles. The van der Waals surface area contributed by atoms with Gasteiger partial charge < -0.3 is 43.2 Å². The number of aromatic nitrogens is 1. The number of aromatic amines is 1. The lowest BCUT2D eigenvalue weighted by Crippen LogP contribution is -2.65. The first kappa shape index (κ1) is 32.4. The molecule has 5 heterocycles.